The number of nitrogens with one attached hydrogen (secondary N) is 1. The SMILES string of the molecule is CONC(=O)n1oc2ccccc21. The van der Waals surface area contributed by atoms with Crippen molar-refractivity contribution < 1.29 is 14.2 Å². The van der Waals surface area contributed by atoms with Crippen LogP contribution in [-0.2, 0) is 4.84 Å². The van der Waals surface area contributed by atoms with Crippen molar-refractivity contribution in [3.05, 3.63) is 24.3 Å². The summed E-state index contributed by atoms with van der Waals surface area (Å²) >= 11 is 0. The molecule has 5 heteroatoms. The van der Waals surface area contributed by atoms with E-state index < -0.39 is 6.03 Å². The lowest BCUT2D eigenvalue weighted by Crippen LogP contribution is -2.29. The Bertz CT molecular complexity index is 429. The van der Waals surface area contributed by atoms with Crippen molar-refractivity contribution in [2.75, 3.05) is 7.11 Å². The summed E-state index contributed by atoms with van der Waals surface area (Å²) in [5.74, 6) is 0. The van der Waals surface area contributed by atoms with E-state index in [1.54, 1.807) is 12.1 Å². The molecule has 1 aromatic carbocycles. The van der Waals surface area contributed by atoms with E-state index in [0.29, 0.717) is 5.58 Å². The quantitative estimate of drug-likeness (QED) is 0.674. The smallest absolute Gasteiger partial charge is 0.368 e. The Hall–Kier alpha value is -1.75. The highest BCUT2D eigenvalue weighted by Gasteiger charge is 2.13. The summed E-state index contributed by atoms with van der Waals surface area (Å²) in [5.41, 5.74) is 3.57. The minimum atomic E-state index is -0.443. The third-order valence-corrected chi connectivity index (χ3v) is 1.65. The first-order valence-electron chi connectivity index (χ1n) is 3.73. The minimum absolute atomic E-state index is 0.443. The third-order valence-electron chi connectivity index (χ3n) is 1.65. The first-order valence-corrected chi connectivity index (χ1v) is 3.73. The monoisotopic (exact) mass is 180 g/mol. The molecule has 0 fully saturated rings. The van der Waals surface area contributed by atoms with Gasteiger partial charge in [-0.3, -0.25) is 4.84 Å². The van der Waals surface area contributed by atoms with Gasteiger partial charge in [-0.15, -0.1) is 4.74 Å². The number of hydrogen-bond acceptors (Lipinski definition) is 3. The predicted octanol–water partition coefficient (Wildman–Crippen LogP) is 1.35. The number of nitrogens with zero attached hydrogens (tertiary/aromatic N) is 1. The Kier molecular flexibility index (Phi) is 1.79. The molecule has 13 heavy (non-hydrogen) atoms. The average Bonchev–Trinajstić information content (AvgIpc) is 2.07. The lowest BCUT2D eigenvalue weighted by atomic mass is 10.3. The van der Waals surface area contributed by atoms with Crippen molar-refractivity contribution in [3.63, 3.8) is 0 Å². The fourth-order valence-corrected chi connectivity index (χ4v) is 1.09. The van der Waals surface area contributed by atoms with Crippen LogP contribution in [0.25, 0.3) is 11.1 Å². The van der Waals surface area contributed by atoms with Gasteiger partial charge in [0.25, 0.3) is 0 Å². The molecule has 2 rings (SSSR count). The van der Waals surface area contributed by atoms with Gasteiger partial charge in [-0.25, -0.2) is 10.3 Å². The zero-order chi connectivity index (χ0) is 9.26. The van der Waals surface area contributed by atoms with Crippen LogP contribution in [-0.4, -0.2) is 17.9 Å². The number of benzene rings is 1. The summed E-state index contributed by atoms with van der Waals surface area (Å²) in [6, 6.07) is 6.79. The van der Waals surface area contributed by atoms with E-state index in [1.807, 2.05) is 12.1 Å². The maximum Gasteiger partial charge on any atom is 0.379 e. The van der Waals surface area contributed by atoms with E-state index in [9.17, 15) is 4.79 Å². The summed E-state index contributed by atoms with van der Waals surface area (Å²) < 4.78 is 6.16. The molecule has 1 aromatic heterocycles. The van der Waals surface area contributed by atoms with Crippen LogP contribution in [0.3, 0.4) is 0 Å². The first kappa shape index (κ1) is 7.88. The van der Waals surface area contributed by atoms with Crippen molar-refractivity contribution in [3.8, 4) is 0 Å². The van der Waals surface area contributed by atoms with Gasteiger partial charge in [-0.1, -0.05) is 12.1 Å². The van der Waals surface area contributed by atoms with Gasteiger partial charge in [0.05, 0.1) is 7.11 Å². The Labute approximate surface area is 73.8 Å². The van der Waals surface area contributed by atoms with Crippen LogP contribution in [0.4, 0.5) is 4.79 Å². The van der Waals surface area contributed by atoms with Crippen molar-refractivity contribution in [2.45, 2.75) is 0 Å². The number of carbonyl (C=O) groups is 1. The topological polar surface area (TPSA) is 56.4 Å². The van der Waals surface area contributed by atoms with Gasteiger partial charge in [0.15, 0.2) is 5.58 Å². The molecule has 0 radical (unpaired) electrons. The molecule has 0 aliphatic heterocycles. The largest absolute Gasteiger partial charge is 0.379 e. The fraction of sp³-hybridized carbons (Fsp3) is 0.125. The van der Waals surface area contributed by atoms with Crippen molar-refractivity contribution in [1.82, 2.24) is 10.2 Å². The van der Waals surface area contributed by atoms with Gasteiger partial charge in [-0.05, 0) is 12.1 Å². The summed E-state index contributed by atoms with van der Waals surface area (Å²) in [5, 5.41) is 0. The van der Waals surface area contributed by atoms with Gasteiger partial charge in [0.1, 0.15) is 5.52 Å². The number of hydrogen-bond donors (Lipinski definition) is 1. The molecule has 2 aromatic rings. The third kappa shape index (κ3) is 1.19. The van der Waals surface area contributed by atoms with Crippen LogP contribution in [0, 0.1) is 0 Å². The van der Waals surface area contributed by atoms with Gasteiger partial charge in [-0.2, -0.15) is 0 Å². The van der Waals surface area contributed by atoms with Crippen LogP contribution in [0.1, 0.15) is 0 Å². The van der Waals surface area contributed by atoms with E-state index in [4.69, 9.17) is 4.52 Å². The second kappa shape index (κ2) is 2.95. The summed E-state index contributed by atoms with van der Waals surface area (Å²) in [4.78, 5) is 15.6. The molecule has 68 valence electrons. The zero-order valence-electron chi connectivity index (χ0n) is 6.98. The molecular weight excluding hydrogens is 172 g/mol. The van der Waals surface area contributed by atoms with E-state index in [-0.39, 0.29) is 0 Å². The molecule has 1 N–H and O–H groups in total. The van der Waals surface area contributed by atoms with Crippen LogP contribution in [0.15, 0.2) is 28.8 Å². The molecule has 0 aliphatic carbocycles. The molecule has 0 atom stereocenters. The highest BCUT2D eigenvalue weighted by atomic mass is 16.7. The number of aromatic nitrogens is 1. The number of hydroxylamine groups is 1. The molecule has 0 unspecified atom stereocenters. The maximum atomic E-state index is 11.2. The number of para-hydroxylation sites is 2. The van der Waals surface area contributed by atoms with Crippen molar-refractivity contribution >= 4 is 17.1 Å². The molecule has 1 heterocycles. The Morgan fingerprint density at radius 2 is 2.31 bits per heavy atom. The van der Waals surface area contributed by atoms with Gasteiger partial charge < -0.3 is 4.52 Å². The lowest BCUT2D eigenvalue weighted by molar-refractivity contribution is 0.0963. The van der Waals surface area contributed by atoms with Crippen LogP contribution in [0.2, 0.25) is 0 Å². The summed E-state index contributed by atoms with van der Waals surface area (Å²) in [7, 11) is 1.36. The highest BCUT2D eigenvalue weighted by molar-refractivity contribution is 5.87. The second-order valence-corrected chi connectivity index (χ2v) is 2.46. The normalized spacial score (nSPS) is 10.5. The van der Waals surface area contributed by atoms with Crippen LogP contribution >= 0.6 is 0 Å². The van der Waals surface area contributed by atoms with Gasteiger partial charge in [0.2, 0.25) is 0 Å². The average molecular weight is 180 g/mol. The lowest BCUT2D eigenvalue weighted by Gasteiger charge is -2.11. The number of carbonyl (C=O) groups excluding carboxylic acids is 1. The van der Waals surface area contributed by atoms with Crippen LogP contribution < -0.4 is 5.48 Å². The highest BCUT2D eigenvalue weighted by Crippen LogP contribution is 2.17. The van der Waals surface area contributed by atoms with Gasteiger partial charge >= 0.3 is 6.03 Å². The summed E-state index contributed by atoms with van der Waals surface area (Å²) in [6.45, 7) is 0. The number of amides is 1. The molecule has 0 saturated heterocycles. The van der Waals surface area contributed by atoms with Crippen molar-refractivity contribution in [1.29, 1.82) is 0 Å². The first-order chi connectivity index (χ1) is 6.33. The predicted molar refractivity (Wildman–Crippen MR) is 45.1 cm³/mol. The Morgan fingerprint density at radius 1 is 1.54 bits per heavy atom. The molecule has 0 spiro atoms. The second-order valence-electron chi connectivity index (χ2n) is 2.46. The molecule has 0 bridgehead atoms. The Morgan fingerprint density at radius 3 is 3.00 bits per heavy atom. The zero-order valence-corrected chi connectivity index (χ0v) is 6.98. The van der Waals surface area contributed by atoms with Crippen LogP contribution in [0.5, 0.6) is 0 Å². The molecular formula is C8H8N2O3. The van der Waals surface area contributed by atoms with E-state index in [2.05, 4.69) is 10.3 Å². The summed E-state index contributed by atoms with van der Waals surface area (Å²) in [6.07, 6.45) is 0. The standard InChI is InChI=1S/C8H8N2O3/c1-12-9-8(11)10-6-4-2-3-5-7(6)13-10/h2-5H,1H3,(H,9,11). The Balaban J connectivity index is 2.32. The molecule has 1 amide bonds. The molecule has 0 aliphatic rings. The van der Waals surface area contributed by atoms with Crippen molar-refractivity contribution in [2.24, 2.45) is 0 Å². The van der Waals surface area contributed by atoms with E-state index in [0.717, 1.165) is 10.3 Å². The van der Waals surface area contributed by atoms with Gasteiger partial charge in [0, 0.05) is 0 Å². The minimum Gasteiger partial charge on any atom is -0.368 e. The van der Waals surface area contributed by atoms with E-state index >= 15 is 0 Å². The molecule has 0 saturated carbocycles. The maximum absolute atomic E-state index is 11.2. The fourth-order valence-electron chi connectivity index (χ4n) is 1.09. The molecule has 5 nitrogen and oxygen atoms in total. The number of fused-ring (bicyclic) bond motifs is 1. The number of rotatable bonds is 1. The van der Waals surface area contributed by atoms with E-state index in [1.165, 1.54) is 7.11 Å².